The Hall–Kier alpha value is -1.97. The molecule has 1 aromatic heterocycles. The van der Waals surface area contributed by atoms with Gasteiger partial charge in [0, 0.05) is 30.7 Å². The second-order valence-corrected chi connectivity index (χ2v) is 5.79. The minimum Gasteiger partial charge on any atom is -0.493 e. The molecule has 3 N–H and O–H groups in total. The van der Waals surface area contributed by atoms with Gasteiger partial charge in [-0.3, -0.25) is 0 Å². The predicted molar refractivity (Wildman–Crippen MR) is 111 cm³/mol. The topological polar surface area (TPSA) is 86.7 Å². The smallest absolute Gasteiger partial charge is 0.193 e. The molecule has 0 amide bonds. The van der Waals surface area contributed by atoms with E-state index in [1.165, 1.54) is 0 Å². The molecule has 8 heteroatoms. The molecule has 0 spiro atoms. The van der Waals surface area contributed by atoms with Crippen LogP contribution < -0.4 is 20.5 Å². The fraction of sp³-hybridized carbons (Fsp3) is 0.412. The average Bonchev–Trinajstić information content (AvgIpc) is 2.99. The molecule has 0 fully saturated rings. The minimum absolute atomic E-state index is 0. The number of imidazole rings is 1. The standard InChI is InChI=1S/C17H25N5O2.HI/c1-12(2)11-22-8-7-19-16(22)10-20-17(18)21-13-5-6-14(23-3)15(9-13)24-4;/h5-9,12H,10-11H2,1-4H3,(H3,18,20,21);1H. The van der Waals surface area contributed by atoms with Gasteiger partial charge in [-0.25, -0.2) is 9.98 Å². The summed E-state index contributed by atoms with van der Waals surface area (Å²) in [5.74, 6) is 3.04. The van der Waals surface area contributed by atoms with Crippen molar-refractivity contribution in [3.8, 4) is 11.5 Å². The van der Waals surface area contributed by atoms with Gasteiger partial charge in [0.05, 0.1) is 14.2 Å². The number of rotatable bonds is 7. The molecule has 0 unspecified atom stereocenters. The summed E-state index contributed by atoms with van der Waals surface area (Å²) < 4.78 is 12.6. The van der Waals surface area contributed by atoms with Crippen LogP contribution in [0.25, 0.3) is 0 Å². The van der Waals surface area contributed by atoms with Crippen LogP contribution in [0.5, 0.6) is 11.5 Å². The molecule has 0 aliphatic carbocycles. The number of ether oxygens (including phenoxy) is 2. The molecule has 25 heavy (non-hydrogen) atoms. The lowest BCUT2D eigenvalue weighted by Gasteiger charge is -2.11. The molecule has 0 saturated carbocycles. The van der Waals surface area contributed by atoms with E-state index in [9.17, 15) is 0 Å². The number of halogens is 1. The molecular weight excluding hydrogens is 433 g/mol. The zero-order chi connectivity index (χ0) is 17.5. The van der Waals surface area contributed by atoms with Crippen molar-refractivity contribution in [3.05, 3.63) is 36.4 Å². The third kappa shape index (κ3) is 6.11. The number of aliphatic imine (C=N–C) groups is 1. The predicted octanol–water partition coefficient (Wildman–Crippen LogP) is 3.10. The van der Waals surface area contributed by atoms with Crippen LogP contribution in [0.2, 0.25) is 0 Å². The summed E-state index contributed by atoms with van der Waals surface area (Å²) in [5, 5.41) is 3.05. The van der Waals surface area contributed by atoms with Gasteiger partial charge >= 0.3 is 0 Å². The molecule has 2 aromatic rings. The van der Waals surface area contributed by atoms with Gasteiger partial charge in [0.25, 0.3) is 0 Å². The first-order valence-corrected chi connectivity index (χ1v) is 7.82. The molecule has 0 radical (unpaired) electrons. The summed E-state index contributed by atoms with van der Waals surface area (Å²) >= 11 is 0. The van der Waals surface area contributed by atoms with Crippen LogP contribution in [0, 0.1) is 5.92 Å². The molecule has 0 aliphatic heterocycles. The van der Waals surface area contributed by atoms with E-state index in [-0.39, 0.29) is 24.0 Å². The van der Waals surface area contributed by atoms with Crippen molar-refractivity contribution in [2.75, 3.05) is 19.5 Å². The van der Waals surface area contributed by atoms with E-state index in [0.717, 1.165) is 18.1 Å². The molecule has 0 saturated heterocycles. The lowest BCUT2D eigenvalue weighted by Crippen LogP contribution is -2.23. The zero-order valence-electron chi connectivity index (χ0n) is 15.0. The van der Waals surface area contributed by atoms with Gasteiger partial charge in [-0.05, 0) is 18.1 Å². The first-order chi connectivity index (χ1) is 11.5. The minimum atomic E-state index is 0. The van der Waals surface area contributed by atoms with Crippen molar-refractivity contribution >= 4 is 35.6 Å². The van der Waals surface area contributed by atoms with Crippen LogP contribution in [-0.2, 0) is 13.1 Å². The highest BCUT2D eigenvalue weighted by Gasteiger charge is 2.06. The second kappa shape index (κ2) is 10.1. The number of nitrogens with one attached hydrogen (secondary N) is 1. The first kappa shape index (κ1) is 21.1. The molecule has 1 heterocycles. The lowest BCUT2D eigenvalue weighted by molar-refractivity contribution is 0.355. The van der Waals surface area contributed by atoms with Gasteiger partial charge in [0.15, 0.2) is 17.5 Å². The SMILES string of the molecule is COc1ccc(NC(N)=NCc2nccn2CC(C)C)cc1OC.I. The molecule has 1 aromatic carbocycles. The highest BCUT2D eigenvalue weighted by atomic mass is 127. The third-order valence-corrected chi connectivity index (χ3v) is 3.41. The first-order valence-electron chi connectivity index (χ1n) is 7.82. The van der Waals surface area contributed by atoms with Crippen molar-refractivity contribution in [1.29, 1.82) is 0 Å². The fourth-order valence-electron chi connectivity index (χ4n) is 2.31. The van der Waals surface area contributed by atoms with Crippen molar-refractivity contribution in [3.63, 3.8) is 0 Å². The number of hydrogen-bond donors (Lipinski definition) is 2. The molecule has 7 nitrogen and oxygen atoms in total. The lowest BCUT2D eigenvalue weighted by atomic mass is 10.2. The number of benzene rings is 1. The van der Waals surface area contributed by atoms with E-state index in [1.54, 1.807) is 26.5 Å². The number of anilines is 1. The highest BCUT2D eigenvalue weighted by Crippen LogP contribution is 2.29. The molecule has 0 atom stereocenters. The summed E-state index contributed by atoms with van der Waals surface area (Å²) in [6.45, 7) is 5.67. The van der Waals surface area contributed by atoms with Gasteiger partial charge < -0.3 is 25.1 Å². The Bertz CT molecular complexity index is 700. The van der Waals surface area contributed by atoms with Crippen LogP contribution in [0.15, 0.2) is 35.6 Å². The summed E-state index contributed by atoms with van der Waals surface area (Å²) in [7, 11) is 3.19. The number of methoxy groups -OCH3 is 2. The fourth-order valence-corrected chi connectivity index (χ4v) is 2.31. The van der Waals surface area contributed by atoms with Gasteiger partial charge in [-0.1, -0.05) is 13.8 Å². The molecule has 0 bridgehead atoms. The Morgan fingerprint density at radius 2 is 2.00 bits per heavy atom. The van der Waals surface area contributed by atoms with Crippen LogP contribution in [0.1, 0.15) is 19.7 Å². The van der Waals surface area contributed by atoms with Crippen molar-refractivity contribution in [1.82, 2.24) is 9.55 Å². The number of nitrogens with two attached hydrogens (primary N) is 1. The molecule has 0 aliphatic rings. The van der Waals surface area contributed by atoms with E-state index in [2.05, 4.69) is 33.7 Å². The molecule has 138 valence electrons. The highest BCUT2D eigenvalue weighted by molar-refractivity contribution is 14.0. The van der Waals surface area contributed by atoms with E-state index >= 15 is 0 Å². The summed E-state index contributed by atoms with van der Waals surface area (Å²) in [5.41, 5.74) is 6.74. The number of nitrogens with zero attached hydrogens (tertiary/aromatic N) is 3. The maximum atomic E-state index is 5.97. The van der Waals surface area contributed by atoms with Crippen LogP contribution in [-0.4, -0.2) is 29.7 Å². The Morgan fingerprint density at radius 3 is 2.64 bits per heavy atom. The maximum Gasteiger partial charge on any atom is 0.193 e. The van der Waals surface area contributed by atoms with Gasteiger partial charge in [0.1, 0.15) is 12.4 Å². The van der Waals surface area contributed by atoms with Crippen LogP contribution in [0.4, 0.5) is 5.69 Å². The average molecular weight is 459 g/mol. The van der Waals surface area contributed by atoms with E-state index in [0.29, 0.717) is 29.9 Å². The normalized spacial score (nSPS) is 11.2. The van der Waals surface area contributed by atoms with E-state index < -0.39 is 0 Å². The van der Waals surface area contributed by atoms with Crippen molar-refractivity contribution < 1.29 is 9.47 Å². The quantitative estimate of drug-likeness (QED) is 0.378. The van der Waals surface area contributed by atoms with Gasteiger partial charge in [-0.15, -0.1) is 24.0 Å². The summed E-state index contributed by atoms with van der Waals surface area (Å²) in [4.78, 5) is 8.69. The van der Waals surface area contributed by atoms with E-state index in [4.69, 9.17) is 15.2 Å². The summed E-state index contributed by atoms with van der Waals surface area (Å²) in [6.07, 6.45) is 3.74. The maximum absolute atomic E-state index is 5.97. The Balaban J connectivity index is 0.00000312. The number of guanidine groups is 1. The number of aromatic nitrogens is 2. The van der Waals surface area contributed by atoms with Crippen LogP contribution in [0.3, 0.4) is 0 Å². The number of hydrogen-bond acceptors (Lipinski definition) is 4. The Labute approximate surface area is 165 Å². The van der Waals surface area contributed by atoms with Gasteiger partial charge in [0.2, 0.25) is 0 Å². The van der Waals surface area contributed by atoms with Gasteiger partial charge in [-0.2, -0.15) is 0 Å². The second-order valence-electron chi connectivity index (χ2n) is 5.79. The van der Waals surface area contributed by atoms with E-state index in [1.807, 2.05) is 18.3 Å². The largest absolute Gasteiger partial charge is 0.493 e. The van der Waals surface area contributed by atoms with Crippen molar-refractivity contribution in [2.24, 2.45) is 16.6 Å². The summed E-state index contributed by atoms with van der Waals surface area (Å²) in [6, 6.07) is 5.47. The third-order valence-electron chi connectivity index (χ3n) is 3.41. The molecule has 2 rings (SSSR count). The monoisotopic (exact) mass is 459 g/mol. The zero-order valence-corrected chi connectivity index (χ0v) is 17.4. The van der Waals surface area contributed by atoms with Crippen molar-refractivity contribution in [2.45, 2.75) is 26.9 Å². The molecular formula is C17H26IN5O2. The Morgan fingerprint density at radius 1 is 1.28 bits per heavy atom. The Kier molecular flexibility index (Phi) is 8.53. The van der Waals surface area contributed by atoms with Crippen LogP contribution >= 0.6 is 24.0 Å².